The highest BCUT2D eigenvalue weighted by molar-refractivity contribution is 7.93. The SMILES string of the molecule is Cc1c(C(=O)O)sc2ccccc12.Cc1c(N(Cc2ccc(F)c(F)c2)C(=O)OC(C)(C)C)sc2ccccc12.Cc1c(N(Cc2ccc(F)c(F)c2)S(=O)(=O)c2ccccc2)sc2ccccc12.Cc1c(NC(=O)OC(C)(C)C)sc2ccccc12.Cc1c(NCc2ccc(F)c(F)c2)sc2ccccc12. The van der Waals surface area contributed by atoms with E-state index in [-0.39, 0.29) is 18.0 Å². The molecule has 2 amide bonds. The van der Waals surface area contributed by atoms with Gasteiger partial charge in [-0.1, -0.05) is 127 Å². The van der Waals surface area contributed by atoms with Gasteiger partial charge >= 0.3 is 18.2 Å². The van der Waals surface area contributed by atoms with E-state index < -0.39 is 74.3 Å². The van der Waals surface area contributed by atoms with E-state index in [0.717, 1.165) is 103 Å². The molecule has 14 rings (SSSR count). The number of ether oxygens (including phenoxy) is 2. The van der Waals surface area contributed by atoms with Crippen LogP contribution in [0.3, 0.4) is 0 Å². The Morgan fingerprint density at radius 1 is 0.421 bits per heavy atom. The number of nitrogens with one attached hydrogen (secondary N) is 2. The molecule has 12 nitrogen and oxygen atoms in total. The molecule has 554 valence electrons. The zero-order valence-electron chi connectivity index (χ0n) is 60.2. The van der Waals surface area contributed by atoms with Crippen LogP contribution in [0.25, 0.3) is 50.4 Å². The van der Waals surface area contributed by atoms with Crippen molar-refractivity contribution in [2.45, 2.75) is 112 Å². The molecule has 0 atom stereocenters. The minimum absolute atomic E-state index is 0.0831. The quantitative estimate of drug-likeness (QED) is 0.0957. The summed E-state index contributed by atoms with van der Waals surface area (Å²) >= 11 is 7.40. The van der Waals surface area contributed by atoms with E-state index in [1.807, 2.05) is 152 Å². The lowest BCUT2D eigenvalue weighted by Gasteiger charge is -2.27. The van der Waals surface area contributed by atoms with E-state index in [2.05, 4.69) is 35.8 Å². The molecule has 24 heteroatoms. The van der Waals surface area contributed by atoms with Crippen LogP contribution in [0, 0.1) is 69.5 Å². The van der Waals surface area contributed by atoms with Gasteiger partial charge in [0, 0.05) is 30.0 Å². The summed E-state index contributed by atoms with van der Waals surface area (Å²) in [6, 6.07) is 58.7. The standard InChI is InChI=1S/C22H17F2NO2S2.C21H21F2NO2S.C16H13F2NS.C14H17NO2S.C10H8O2S/c1-15-18-9-5-6-10-21(18)28-22(15)25(14-16-11-12-19(23)20(24)13-16)29(26,27)17-7-3-2-4-8-17;1-13-15-7-5-6-8-18(15)27-19(13)24(20(25)26-21(2,3)4)12-14-9-10-16(22)17(23)11-14;1-10-12-4-2-3-5-15(12)20-16(10)19-9-11-6-7-13(17)14(18)8-11;1-9-10-7-5-6-8-11(10)18-12(9)15-13(16)17-14(2,3)4;1-6-7-4-2-3-5-8(7)13-9(6)10(11)12/h2-13H,14H2,1H3;5-11H,12H2,1-4H3;2-8,19H,9H2,1H3;5-8H,1-4H3,(H,15,16);2-5H,1H3,(H,11,12). The maximum absolute atomic E-state index is 13.8. The predicted molar refractivity (Wildman–Crippen MR) is 428 cm³/mol. The molecule has 0 aliphatic carbocycles. The van der Waals surface area contributed by atoms with Crippen molar-refractivity contribution in [2.75, 3.05) is 19.8 Å². The molecule has 0 aliphatic rings. The molecule has 5 heterocycles. The number of fused-ring (bicyclic) bond motifs is 5. The van der Waals surface area contributed by atoms with Crippen molar-refractivity contribution in [1.82, 2.24) is 0 Å². The third-order valence-electron chi connectivity index (χ3n) is 16.5. The number of benzene rings is 9. The summed E-state index contributed by atoms with van der Waals surface area (Å²) in [5.74, 6) is -6.29. The molecule has 0 saturated heterocycles. The van der Waals surface area contributed by atoms with Gasteiger partial charge in [-0.3, -0.25) is 14.5 Å². The Kier molecular flexibility index (Phi) is 25.4. The molecule has 0 fully saturated rings. The van der Waals surface area contributed by atoms with E-state index in [0.29, 0.717) is 27.5 Å². The summed E-state index contributed by atoms with van der Waals surface area (Å²) in [4.78, 5) is 37.5. The Bertz CT molecular complexity index is 5660. The molecule has 0 radical (unpaired) electrons. The van der Waals surface area contributed by atoms with Crippen molar-refractivity contribution in [2.24, 2.45) is 0 Å². The smallest absolute Gasteiger partial charge is 0.415 e. The van der Waals surface area contributed by atoms with Gasteiger partial charge in [-0.2, -0.15) is 0 Å². The number of hydrogen-bond acceptors (Lipinski definition) is 13. The number of carbonyl (C=O) groups excluding carboxylic acids is 2. The van der Waals surface area contributed by atoms with Crippen molar-refractivity contribution >= 4 is 155 Å². The highest BCUT2D eigenvalue weighted by Gasteiger charge is 2.31. The highest BCUT2D eigenvalue weighted by atomic mass is 32.2. The van der Waals surface area contributed by atoms with Crippen LogP contribution in [0.2, 0.25) is 0 Å². The second kappa shape index (κ2) is 34.2. The number of halogens is 6. The Morgan fingerprint density at radius 2 is 0.794 bits per heavy atom. The highest BCUT2D eigenvalue weighted by Crippen LogP contribution is 2.43. The second-order valence-corrected chi connectivity index (χ2v) is 33.7. The molecule has 0 saturated carbocycles. The monoisotopic (exact) mass is 1560 g/mol. The van der Waals surface area contributed by atoms with Crippen LogP contribution >= 0.6 is 56.7 Å². The summed E-state index contributed by atoms with van der Waals surface area (Å²) in [5.41, 5.74) is 5.33. The van der Waals surface area contributed by atoms with E-state index >= 15 is 0 Å². The summed E-state index contributed by atoms with van der Waals surface area (Å²) in [6.45, 7) is 21.1. The van der Waals surface area contributed by atoms with Gasteiger partial charge in [0.05, 0.1) is 23.0 Å². The molecule has 107 heavy (non-hydrogen) atoms. The lowest BCUT2D eigenvalue weighted by molar-refractivity contribution is 0.0575. The first-order valence-corrected chi connectivity index (χ1v) is 39.0. The molecule has 5 aromatic heterocycles. The topological polar surface area (TPSA) is 155 Å². The van der Waals surface area contributed by atoms with Crippen LogP contribution in [0.5, 0.6) is 0 Å². The Labute approximate surface area is 636 Å². The second-order valence-electron chi connectivity index (χ2n) is 26.6. The minimum Gasteiger partial charge on any atom is -0.477 e. The van der Waals surface area contributed by atoms with E-state index in [1.165, 1.54) is 99.3 Å². The van der Waals surface area contributed by atoms with E-state index in [1.54, 1.807) is 67.7 Å². The van der Waals surface area contributed by atoms with Crippen LogP contribution in [0.1, 0.15) is 95.7 Å². The molecular formula is C83H76F6N4O8S6. The largest absolute Gasteiger partial charge is 0.477 e. The number of carbonyl (C=O) groups is 3. The maximum Gasteiger partial charge on any atom is 0.415 e. The number of nitrogens with zero attached hydrogens (tertiary/aromatic N) is 2. The van der Waals surface area contributed by atoms with Gasteiger partial charge < -0.3 is 19.9 Å². The van der Waals surface area contributed by atoms with Crippen molar-refractivity contribution in [1.29, 1.82) is 0 Å². The average Bonchev–Trinajstić information content (AvgIpc) is 1.76. The average molecular weight is 1560 g/mol. The van der Waals surface area contributed by atoms with Gasteiger partial charge in [0.2, 0.25) is 0 Å². The van der Waals surface area contributed by atoms with Gasteiger partial charge in [-0.05, 0) is 226 Å². The van der Waals surface area contributed by atoms with Crippen molar-refractivity contribution < 1.29 is 63.7 Å². The number of aromatic carboxylic acids is 1. The first-order valence-electron chi connectivity index (χ1n) is 33.5. The van der Waals surface area contributed by atoms with Gasteiger partial charge in [0.25, 0.3) is 10.0 Å². The molecule has 9 aromatic carbocycles. The molecule has 0 aliphatic heterocycles. The number of anilines is 4. The Hall–Kier alpha value is -10.1. The fourth-order valence-electron chi connectivity index (χ4n) is 11.2. The molecule has 0 spiro atoms. The summed E-state index contributed by atoms with van der Waals surface area (Å²) in [5, 5.41) is 23.7. The number of rotatable bonds is 13. The van der Waals surface area contributed by atoms with E-state index in [9.17, 15) is 49.1 Å². The molecular weight excluding hydrogens is 1490 g/mol. The van der Waals surface area contributed by atoms with Crippen molar-refractivity contribution in [3.63, 3.8) is 0 Å². The Balaban J connectivity index is 0.000000146. The Morgan fingerprint density at radius 3 is 1.23 bits per heavy atom. The number of aryl methyl sites for hydroxylation is 5. The van der Waals surface area contributed by atoms with Gasteiger partial charge in [0.1, 0.15) is 31.1 Å². The molecule has 0 bridgehead atoms. The zero-order chi connectivity index (χ0) is 77.2. The van der Waals surface area contributed by atoms with Crippen molar-refractivity contribution in [3.05, 3.63) is 291 Å². The lowest BCUT2D eigenvalue weighted by Crippen LogP contribution is -2.36. The maximum atomic E-state index is 13.8. The van der Waals surface area contributed by atoms with Crippen LogP contribution in [-0.2, 0) is 39.1 Å². The van der Waals surface area contributed by atoms with Gasteiger partial charge in [-0.25, -0.2) is 49.1 Å². The van der Waals surface area contributed by atoms with Crippen LogP contribution in [0.4, 0.5) is 55.9 Å². The van der Waals surface area contributed by atoms with Crippen LogP contribution < -0.4 is 19.8 Å². The molecule has 14 aromatic rings. The number of carboxylic acids is 1. The zero-order valence-corrected chi connectivity index (χ0v) is 65.1. The van der Waals surface area contributed by atoms with Crippen LogP contribution in [0.15, 0.2) is 211 Å². The summed E-state index contributed by atoms with van der Waals surface area (Å²) < 4.78 is 125. The fourth-order valence-corrected chi connectivity index (χ4v) is 18.6. The lowest BCUT2D eigenvalue weighted by atomic mass is 10.1. The van der Waals surface area contributed by atoms with Crippen molar-refractivity contribution in [3.8, 4) is 0 Å². The number of amides is 2. The minimum atomic E-state index is -3.92. The third-order valence-corrected chi connectivity index (χ3v) is 24.6. The number of carboxylic acid groups (broad SMARTS) is 1. The fraction of sp³-hybridized carbons (Fsp3) is 0.193. The van der Waals surface area contributed by atoms with Gasteiger partial charge in [0.15, 0.2) is 34.9 Å². The normalized spacial score (nSPS) is 11.4. The number of thiophene rings is 5. The van der Waals surface area contributed by atoms with Crippen LogP contribution in [-0.4, -0.2) is 42.9 Å². The number of hydrogen-bond donors (Lipinski definition) is 3. The predicted octanol–water partition coefficient (Wildman–Crippen LogP) is 24.9. The molecule has 0 unspecified atom stereocenters. The summed E-state index contributed by atoms with van der Waals surface area (Å²) in [7, 11) is -3.92. The summed E-state index contributed by atoms with van der Waals surface area (Å²) in [6.07, 6.45) is -0.931. The van der Waals surface area contributed by atoms with E-state index in [4.69, 9.17) is 14.6 Å². The van der Waals surface area contributed by atoms with Gasteiger partial charge in [-0.15, -0.1) is 56.7 Å². The third kappa shape index (κ3) is 19.8. The molecule has 3 N–H and O–H groups in total. The first kappa shape index (κ1) is 79.5. The first-order chi connectivity index (χ1) is 50.7. The number of sulfonamides is 1.